The molecule has 4 rings (SSSR count). The van der Waals surface area contributed by atoms with Crippen LogP contribution in [0.15, 0.2) is 42.5 Å². The molecule has 1 aliphatic heterocycles. The lowest BCUT2D eigenvalue weighted by molar-refractivity contribution is 0.0986. The Morgan fingerprint density at radius 1 is 1.06 bits per heavy atom. The van der Waals surface area contributed by atoms with Gasteiger partial charge >= 0.3 is 6.03 Å². The molecule has 172 valence electrons. The number of carbonyl (C=O) groups is 2. The van der Waals surface area contributed by atoms with E-state index in [0.29, 0.717) is 34.4 Å². The summed E-state index contributed by atoms with van der Waals surface area (Å²) in [6.07, 6.45) is 0.276. The zero-order valence-corrected chi connectivity index (χ0v) is 19.0. The van der Waals surface area contributed by atoms with Crippen LogP contribution in [0.3, 0.4) is 0 Å². The zero-order valence-electron chi connectivity index (χ0n) is 18.1. The molecule has 0 spiro atoms. The van der Waals surface area contributed by atoms with Crippen LogP contribution in [0.5, 0.6) is 0 Å². The van der Waals surface area contributed by atoms with Crippen LogP contribution in [0.2, 0.25) is 0 Å². The van der Waals surface area contributed by atoms with Crippen molar-refractivity contribution in [2.45, 2.75) is 39.3 Å². The van der Waals surface area contributed by atoms with Crippen molar-refractivity contribution < 1.29 is 22.8 Å². The maximum absolute atomic E-state index is 13.4. The van der Waals surface area contributed by atoms with Crippen molar-refractivity contribution in [1.29, 1.82) is 0 Å². The number of amides is 2. The Kier molecular flexibility index (Phi) is 6.51. The molecule has 2 aromatic carbocycles. The van der Waals surface area contributed by atoms with E-state index >= 15 is 0 Å². The Labute approximate surface area is 193 Å². The first-order chi connectivity index (χ1) is 15.7. The number of urea groups is 1. The zero-order chi connectivity index (χ0) is 23.7. The molecule has 2 amide bonds. The van der Waals surface area contributed by atoms with Gasteiger partial charge < -0.3 is 4.90 Å². The van der Waals surface area contributed by atoms with Gasteiger partial charge in [-0.2, -0.15) is 0 Å². The van der Waals surface area contributed by atoms with Gasteiger partial charge in [-0.3, -0.25) is 9.69 Å². The number of hydrogen-bond donors (Lipinski definition) is 0. The number of nitrogens with zero attached hydrogens (tertiary/aromatic N) is 3. The lowest BCUT2D eigenvalue weighted by atomic mass is 10.1. The summed E-state index contributed by atoms with van der Waals surface area (Å²) in [6.45, 7) is 4.39. The summed E-state index contributed by atoms with van der Waals surface area (Å²) >= 11 is 1.14. The van der Waals surface area contributed by atoms with E-state index in [2.05, 4.69) is 4.98 Å². The molecule has 1 atom stereocenters. The molecule has 1 aliphatic rings. The van der Waals surface area contributed by atoms with Gasteiger partial charge in [0.1, 0.15) is 17.5 Å². The maximum Gasteiger partial charge on any atom is 0.326 e. The third-order valence-electron chi connectivity index (χ3n) is 5.55. The summed E-state index contributed by atoms with van der Waals surface area (Å²) in [5.41, 5.74) is 1.74. The van der Waals surface area contributed by atoms with Crippen molar-refractivity contribution in [3.63, 3.8) is 0 Å². The van der Waals surface area contributed by atoms with Crippen LogP contribution in [0, 0.1) is 24.4 Å². The summed E-state index contributed by atoms with van der Waals surface area (Å²) in [5, 5.41) is 0.436. The number of rotatable bonds is 7. The fourth-order valence-electron chi connectivity index (χ4n) is 3.84. The van der Waals surface area contributed by atoms with E-state index in [-0.39, 0.29) is 36.5 Å². The molecule has 3 aromatic rings. The predicted molar refractivity (Wildman–Crippen MR) is 120 cm³/mol. The third-order valence-corrected chi connectivity index (χ3v) is 6.78. The second-order valence-corrected chi connectivity index (χ2v) is 9.09. The number of halogens is 3. The van der Waals surface area contributed by atoms with E-state index in [1.54, 1.807) is 28.9 Å². The van der Waals surface area contributed by atoms with E-state index in [9.17, 15) is 22.8 Å². The number of benzene rings is 2. The van der Waals surface area contributed by atoms with E-state index in [4.69, 9.17) is 0 Å². The Balaban J connectivity index is 1.45. The number of aromatic nitrogens is 1. The van der Waals surface area contributed by atoms with Gasteiger partial charge in [0.2, 0.25) is 0 Å². The van der Waals surface area contributed by atoms with Gasteiger partial charge in [-0.1, -0.05) is 23.5 Å². The van der Waals surface area contributed by atoms with Crippen LogP contribution < -0.4 is 4.90 Å². The fraction of sp³-hybridized carbons (Fsp3) is 0.292. The molecule has 1 fully saturated rings. The Hall–Kier alpha value is -3.20. The minimum atomic E-state index is -0.680. The van der Waals surface area contributed by atoms with Gasteiger partial charge in [-0.25, -0.2) is 22.9 Å². The third kappa shape index (κ3) is 5.08. The Morgan fingerprint density at radius 2 is 1.73 bits per heavy atom. The number of hydrogen-bond acceptors (Lipinski definition) is 4. The highest BCUT2D eigenvalue weighted by molar-refractivity contribution is 7.17. The normalized spacial score (nSPS) is 16.0. The topological polar surface area (TPSA) is 53.5 Å². The van der Waals surface area contributed by atoms with Gasteiger partial charge in [0.05, 0.1) is 17.1 Å². The lowest BCUT2D eigenvalue weighted by Crippen LogP contribution is -2.33. The molecular formula is C24H22F3N3O2S. The summed E-state index contributed by atoms with van der Waals surface area (Å²) in [6, 6.07) is 8.90. The van der Waals surface area contributed by atoms with Crippen LogP contribution >= 0.6 is 11.3 Å². The van der Waals surface area contributed by atoms with Crippen LogP contribution in [-0.2, 0) is 13.0 Å². The molecule has 0 saturated carbocycles. The smallest absolute Gasteiger partial charge is 0.315 e. The molecule has 0 aliphatic carbocycles. The number of carbonyl (C=O) groups excluding carboxylic acids is 2. The van der Waals surface area contributed by atoms with E-state index in [1.807, 2.05) is 6.92 Å². The SMILES string of the molecule is Cc1nc(N2C[C@@H](C)N(Cc3ccc(F)cc3)C2=O)sc1C(=O)CCc1cc(F)cc(F)c1. The second kappa shape index (κ2) is 9.35. The number of aryl methyl sites for hydroxylation is 2. The molecule has 0 N–H and O–H groups in total. The highest BCUT2D eigenvalue weighted by Crippen LogP contribution is 2.32. The second-order valence-electron chi connectivity index (χ2n) is 8.11. The quantitative estimate of drug-likeness (QED) is 0.425. The van der Waals surface area contributed by atoms with Crippen LogP contribution in [0.25, 0.3) is 0 Å². The van der Waals surface area contributed by atoms with Crippen LogP contribution in [0.4, 0.5) is 23.1 Å². The minimum absolute atomic E-state index is 0.0758. The van der Waals surface area contributed by atoms with Crippen molar-refractivity contribution >= 4 is 28.3 Å². The standard InChI is InChI=1S/C24H22F3N3O2S/c1-14-12-30(24(32)29(14)13-16-3-6-18(25)7-4-16)23-28-15(2)22(33-23)21(31)8-5-17-9-19(26)11-20(27)10-17/h3-4,6-7,9-11,14H,5,8,12-13H2,1-2H3/t14-/m1/s1. The lowest BCUT2D eigenvalue weighted by Gasteiger charge is -2.20. The number of thiazole rings is 1. The summed E-state index contributed by atoms with van der Waals surface area (Å²) in [7, 11) is 0. The highest BCUT2D eigenvalue weighted by atomic mass is 32.1. The maximum atomic E-state index is 13.4. The first kappa shape index (κ1) is 23.0. The highest BCUT2D eigenvalue weighted by Gasteiger charge is 2.37. The van der Waals surface area contributed by atoms with Gasteiger partial charge in [-0.15, -0.1) is 0 Å². The molecule has 0 unspecified atom stereocenters. The Bertz CT molecular complexity index is 1180. The van der Waals surface area contributed by atoms with Crippen molar-refractivity contribution in [2.24, 2.45) is 0 Å². The predicted octanol–water partition coefficient (Wildman–Crippen LogP) is 5.52. The van der Waals surface area contributed by atoms with Crippen molar-refractivity contribution in [3.05, 3.63) is 81.6 Å². The molecule has 1 saturated heterocycles. The van der Waals surface area contributed by atoms with Gasteiger partial charge in [0.25, 0.3) is 0 Å². The monoisotopic (exact) mass is 473 g/mol. The summed E-state index contributed by atoms with van der Waals surface area (Å²) in [5.74, 6) is -1.89. The first-order valence-electron chi connectivity index (χ1n) is 10.5. The van der Waals surface area contributed by atoms with Crippen LogP contribution in [0.1, 0.15) is 39.8 Å². The largest absolute Gasteiger partial charge is 0.326 e. The van der Waals surface area contributed by atoms with Crippen LogP contribution in [-0.4, -0.2) is 34.3 Å². The molecule has 9 heteroatoms. The van der Waals surface area contributed by atoms with E-state index in [1.165, 1.54) is 24.3 Å². The molecule has 5 nitrogen and oxygen atoms in total. The van der Waals surface area contributed by atoms with E-state index < -0.39 is 11.6 Å². The number of anilines is 1. The molecule has 1 aromatic heterocycles. The van der Waals surface area contributed by atoms with Crippen molar-refractivity contribution in [2.75, 3.05) is 11.4 Å². The average molecular weight is 474 g/mol. The Morgan fingerprint density at radius 3 is 2.39 bits per heavy atom. The summed E-state index contributed by atoms with van der Waals surface area (Å²) < 4.78 is 39.9. The number of Topliss-reactive ketones (excluding diaryl/α,β-unsaturated/α-hetero) is 1. The molecule has 2 heterocycles. The summed E-state index contributed by atoms with van der Waals surface area (Å²) in [4.78, 5) is 33.9. The molecule has 33 heavy (non-hydrogen) atoms. The van der Waals surface area contributed by atoms with Crippen molar-refractivity contribution in [1.82, 2.24) is 9.88 Å². The van der Waals surface area contributed by atoms with Gasteiger partial charge in [0.15, 0.2) is 10.9 Å². The van der Waals surface area contributed by atoms with E-state index in [0.717, 1.165) is 23.0 Å². The molecule has 0 bridgehead atoms. The van der Waals surface area contributed by atoms with Crippen molar-refractivity contribution in [3.8, 4) is 0 Å². The van der Waals surface area contributed by atoms with Gasteiger partial charge in [-0.05, 0) is 55.7 Å². The van der Waals surface area contributed by atoms with Gasteiger partial charge in [0, 0.05) is 25.1 Å². The fourth-order valence-corrected chi connectivity index (χ4v) is 4.87. The molecular weight excluding hydrogens is 451 g/mol. The minimum Gasteiger partial charge on any atom is -0.315 e. The number of ketones is 1. The molecule has 0 radical (unpaired) electrons. The average Bonchev–Trinajstić information content (AvgIpc) is 3.27. The first-order valence-corrected chi connectivity index (χ1v) is 11.3.